The second-order valence-electron chi connectivity index (χ2n) is 7.04. The van der Waals surface area contributed by atoms with E-state index in [1.165, 1.54) is 22.8 Å². The standard InChI is InChI=1S/C22H21FN4O2/c1-14(26-16-4-5-16)20-10-18(6-7-21(20)24)27-9-8-19(11-22(27)28)29-13-17-3-2-15(23)12-25-17/h2-3,6-12,16H,4-5,13,24H2,1H3. The molecule has 6 nitrogen and oxygen atoms in total. The average molecular weight is 392 g/mol. The molecule has 1 fully saturated rings. The van der Waals surface area contributed by atoms with Gasteiger partial charge in [0.1, 0.15) is 18.2 Å². The number of hydrogen-bond acceptors (Lipinski definition) is 5. The van der Waals surface area contributed by atoms with Gasteiger partial charge < -0.3 is 10.5 Å². The number of hydrogen-bond donors (Lipinski definition) is 1. The summed E-state index contributed by atoms with van der Waals surface area (Å²) in [6, 6.07) is 11.8. The molecular formula is C22H21FN4O2. The third-order valence-electron chi connectivity index (χ3n) is 4.69. The normalized spacial score (nSPS) is 14.1. The SMILES string of the molecule is CC(=NC1CC1)c1cc(-n2ccc(OCc3ccc(F)cn3)cc2=O)ccc1N. The zero-order chi connectivity index (χ0) is 20.4. The molecule has 1 aliphatic carbocycles. The summed E-state index contributed by atoms with van der Waals surface area (Å²) in [7, 11) is 0. The van der Waals surface area contributed by atoms with E-state index in [2.05, 4.69) is 9.98 Å². The summed E-state index contributed by atoms with van der Waals surface area (Å²) in [5.74, 6) is 0.0103. The number of aliphatic imine (C=N–C) groups is 1. The monoisotopic (exact) mass is 392 g/mol. The Morgan fingerprint density at radius 3 is 2.79 bits per heavy atom. The third-order valence-corrected chi connectivity index (χ3v) is 4.69. The van der Waals surface area contributed by atoms with Crippen LogP contribution in [-0.2, 0) is 6.61 Å². The van der Waals surface area contributed by atoms with E-state index in [4.69, 9.17) is 10.5 Å². The van der Waals surface area contributed by atoms with Gasteiger partial charge >= 0.3 is 0 Å². The first-order valence-corrected chi connectivity index (χ1v) is 9.40. The molecule has 0 atom stereocenters. The Morgan fingerprint density at radius 2 is 2.10 bits per heavy atom. The molecular weight excluding hydrogens is 371 g/mol. The fraction of sp³-hybridized carbons (Fsp3) is 0.227. The lowest BCUT2D eigenvalue weighted by atomic mass is 10.1. The van der Waals surface area contributed by atoms with Crippen molar-refractivity contribution in [3.63, 3.8) is 0 Å². The summed E-state index contributed by atoms with van der Waals surface area (Å²) in [5.41, 5.74) is 9.51. The van der Waals surface area contributed by atoms with Crippen LogP contribution in [-0.4, -0.2) is 21.3 Å². The van der Waals surface area contributed by atoms with E-state index in [-0.39, 0.29) is 12.2 Å². The van der Waals surface area contributed by atoms with Gasteiger partial charge in [0.05, 0.1) is 17.9 Å². The molecule has 2 heterocycles. The van der Waals surface area contributed by atoms with Crippen LogP contribution in [0.15, 0.2) is 64.6 Å². The van der Waals surface area contributed by atoms with Crippen LogP contribution < -0.4 is 16.0 Å². The largest absolute Gasteiger partial charge is 0.487 e. The highest BCUT2D eigenvalue weighted by atomic mass is 19.1. The molecule has 1 saturated carbocycles. The zero-order valence-corrected chi connectivity index (χ0v) is 16.0. The number of rotatable bonds is 6. The van der Waals surface area contributed by atoms with E-state index < -0.39 is 5.82 Å². The molecule has 2 N–H and O–H groups in total. The van der Waals surface area contributed by atoms with Gasteiger partial charge in [-0.25, -0.2) is 4.39 Å². The molecule has 4 rings (SSSR count). The topological polar surface area (TPSA) is 82.5 Å². The first-order chi connectivity index (χ1) is 14.0. The number of nitrogens with zero attached hydrogens (tertiary/aromatic N) is 3. The number of ether oxygens (including phenoxy) is 1. The number of aromatic nitrogens is 2. The van der Waals surface area contributed by atoms with Crippen molar-refractivity contribution < 1.29 is 9.13 Å². The predicted octanol–water partition coefficient (Wildman–Crippen LogP) is 3.50. The second kappa shape index (κ2) is 7.87. The Morgan fingerprint density at radius 1 is 1.28 bits per heavy atom. The molecule has 0 aliphatic heterocycles. The molecule has 148 valence electrons. The molecule has 0 radical (unpaired) electrons. The minimum atomic E-state index is -0.406. The molecule has 1 aromatic carbocycles. The Labute approximate surface area is 167 Å². The van der Waals surface area contributed by atoms with Crippen molar-refractivity contribution in [3.8, 4) is 11.4 Å². The predicted molar refractivity (Wildman–Crippen MR) is 110 cm³/mol. The summed E-state index contributed by atoms with van der Waals surface area (Å²) >= 11 is 0. The Hall–Kier alpha value is -3.48. The number of nitrogens with two attached hydrogens (primary N) is 1. The first kappa shape index (κ1) is 18.9. The van der Waals surface area contributed by atoms with E-state index in [1.54, 1.807) is 24.4 Å². The van der Waals surface area contributed by atoms with E-state index in [9.17, 15) is 9.18 Å². The van der Waals surface area contributed by atoms with Crippen molar-refractivity contribution >= 4 is 11.4 Å². The molecule has 0 amide bonds. The highest BCUT2D eigenvalue weighted by molar-refractivity contribution is 6.03. The molecule has 0 bridgehead atoms. The van der Waals surface area contributed by atoms with Crippen LogP contribution in [0.1, 0.15) is 31.0 Å². The van der Waals surface area contributed by atoms with Gasteiger partial charge in [-0.3, -0.25) is 19.3 Å². The lowest BCUT2D eigenvalue weighted by Gasteiger charge is -2.12. The second-order valence-corrected chi connectivity index (χ2v) is 7.04. The lowest BCUT2D eigenvalue weighted by molar-refractivity contribution is 0.300. The summed E-state index contributed by atoms with van der Waals surface area (Å²) in [6.45, 7) is 2.09. The quantitative estimate of drug-likeness (QED) is 0.514. The highest BCUT2D eigenvalue weighted by Gasteiger charge is 2.20. The smallest absolute Gasteiger partial charge is 0.258 e. The molecule has 3 aromatic rings. The highest BCUT2D eigenvalue weighted by Crippen LogP contribution is 2.26. The molecule has 0 saturated heterocycles. The van der Waals surface area contributed by atoms with Crippen LogP contribution in [0.3, 0.4) is 0 Å². The van der Waals surface area contributed by atoms with Gasteiger partial charge in [-0.1, -0.05) is 0 Å². The van der Waals surface area contributed by atoms with Gasteiger partial charge in [0, 0.05) is 34.9 Å². The number of halogens is 1. The van der Waals surface area contributed by atoms with E-state index in [0.717, 1.165) is 30.3 Å². The Kier molecular flexibility index (Phi) is 5.12. The van der Waals surface area contributed by atoms with Gasteiger partial charge in [-0.05, 0) is 56.2 Å². The summed E-state index contributed by atoms with van der Waals surface area (Å²) in [6.07, 6.45) is 5.01. The van der Waals surface area contributed by atoms with Crippen LogP contribution >= 0.6 is 0 Å². The van der Waals surface area contributed by atoms with E-state index in [0.29, 0.717) is 28.9 Å². The van der Waals surface area contributed by atoms with Crippen molar-refractivity contribution in [2.45, 2.75) is 32.4 Å². The minimum Gasteiger partial charge on any atom is -0.487 e. The van der Waals surface area contributed by atoms with Gasteiger partial charge in [-0.15, -0.1) is 0 Å². The molecule has 7 heteroatoms. The third kappa shape index (κ3) is 4.51. The fourth-order valence-electron chi connectivity index (χ4n) is 2.97. The van der Waals surface area contributed by atoms with E-state index in [1.807, 2.05) is 13.0 Å². The average Bonchev–Trinajstić information content (AvgIpc) is 3.52. The van der Waals surface area contributed by atoms with Crippen LogP contribution in [0, 0.1) is 5.82 Å². The van der Waals surface area contributed by atoms with Crippen LogP contribution in [0.5, 0.6) is 5.75 Å². The van der Waals surface area contributed by atoms with Gasteiger partial charge in [0.15, 0.2) is 0 Å². The van der Waals surface area contributed by atoms with Crippen molar-refractivity contribution in [2.75, 3.05) is 5.73 Å². The van der Waals surface area contributed by atoms with Crippen molar-refractivity contribution in [1.82, 2.24) is 9.55 Å². The maximum absolute atomic E-state index is 12.9. The number of nitrogen functional groups attached to an aromatic ring is 1. The van der Waals surface area contributed by atoms with Crippen molar-refractivity contribution in [1.29, 1.82) is 0 Å². The maximum atomic E-state index is 12.9. The molecule has 0 unspecified atom stereocenters. The van der Waals surface area contributed by atoms with Crippen molar-refractivity contribution in [3.05, 3.63) is 82.3 Å². The summed E-state index contributed by atoms with van der Waals surface area (Å²) < 4.78 is 20.0. The lowest BCUT2D eigenvalue weighted by Crippen LogP contribution is -2.17. The maximum Gasteiger partial charge on any atom is 0.258 e. The molecule has 1 aliphatic rings. The van der Waals surface area contributed by atoms with Crippen LogP contribution in [0.4, 0.5) is 10.1 Å². The first-order valence-electron chi connectivity index (χ1n) is 9.40. The Balaban J connectivity index is 1.54. The van der Waals surface area contributed by atoms with Gasteiger partial charge in [-0.2, -0.15) is 0 Å². The number of anilines is 1. The molecule has 2 aromatic heterocycles. The summed E-state index contributed by atoms with van der Waals surface area (Å²) in [5, 5.41) is 0. The summed E-state index contributed by atoms with van der Waals surface area (Å²) in [4.78, 5) is 21.2. The minimum absolute atomic E-state index is 0.145. The van der Waals surface area contributed by atoms with E-state index >= 15 is 0 Å². The number of pyridine rings is 2. The number of benzene rings is 1. The van der Waals surface area contributed by atoms with Crippen molar-refractivity contribution in [2.24, 2.45) is 4.99 Å². The fourth-order valence-corrected chi connectivity index (χ4v) is 2.97. The van der Waals surface area contributed by atoms with Gasteiger partial charge in [0.25, 0.3) is 5.56 Å². The van der Waals surface area contributed by atoms with Gasteiger partial charge in [0.2, 0.25) is 0 Å². The molecule has 29 heavy (non-hydrogen) atoms. The molecule has 0 spiro atoms. The van der Waals surface area contributed by atoms with Crippen LogP contribution in [0.25, 0.3) is 5.69 Å². The zero-order valence-electron chi connectivity index (χ0n) is 16.0. The van der Waals surface area contributed by atoms with Crippen LogP contribution in [0.2, 0.25) is 0 Å². The Bertz CT molecular complexity index is 1120.